The van der Waals surface area contributed by atoms with Crippen LogP contribution in [0.25, 0.3) is 0 Å². The molecule has 17 heavy (non-hydrogen) atoms. The molecule has 0 aliphatic heterocycles. The van der Waals surface area contributed by atoms with Crippen LogP contribution in [0.15, 0.2) is 10.7 Å². The molecule has 2 heterocycles. The van der Waals surface area contributed by atoms with E-state index in [1.54, 1.807) is 6.92 Å². The molecule has 0 fully saturated rings. The summed E-state index contributed by atoms with van der Waals surface area (Å²) in [5, 5.41) is 18.3. The second-order valence-electron chi connectivity index (χ2n) is 3.49. The Hall–Kier alpha value is -2.25. The Labute approximate surface area is 96.4 Å². The van der Waals surface area contributed by atoms with Crippen LogP contribution in [0.2, 0.25) is 0 Å². The molecule has 8 nitrogen and oxygen atoms in total. The first-order valence-corrected chi connectivity index (χ1v) is 5.10. The van der Waals surface area contributed by atoms with Crippen LogP contribution in [-0.2, 0) is 13.0 Å². The van der Waals surface area contributed by atoms with Gasteiger partial charge in [0.15, 0.2) is 5.82 Å². The van der Waals surface area contributed by atoms with Gasteiger partial charge in [-0.1, -0.05) is 12.1 Å². The lowest BCUT2D eigenvalue weighted by molar-refractivity contribution is -0.385. The molecule has 8 heteroatoms. The lowest BCUT2D eigenvalue weighted by Crippen LogP contribution is -2.04. The quantitative estimate of drug-likeness (QED) is 0.583. The molecule has 90 valence electrons. The number of hydrogen-bond acceptors (Lipinski definition) is 6. The zero-order valence-electron chi connectivity index (χ0n) is 9.45. The summed E-state index contributed by atoms with van der Waals surface area (Å²) in [6, 6.07) is 0. The third kappa shape index (κ3) is 2.14. The summed E-state index contributed by atoms with van der Waals surface area (Å²) in [5.74, 6) is 1.00. The second kappa shape index (κ2) is 4.32. The van der Waals surface area contributed by atoms with Gasteiger partial charge in [0.1, 0.15) is 18.4 Å². The van der Waals surface area contributed by atoms with E-state index in [-0.39, 0.29) is 12.2 Å². The molecule has 0 saturated carbocycles. The summed E-state index contributed by atoms with van der Waals surface area (Å²) in [7, 11) is 0. The van der Waals surface area contributed by atoms with Crippen LogP contribution in [0.4, 0.5) is 5.69 Å². The predicted molar refractivity (Wildman–Crippen MR) is 56.4 cm³/mol. The van der Waals surface area contributed by atoms with Crippen LogP contribution in [0.5, 0.6) is 0 Å². The fourth-order valence-corrected chi connectivity index (χ4v) is 1.40. The van der Waals surface area contributed by atoms with Crippen LogP contribution >= 0.6 is 0 Å². The highest BCUT2D eigenvalue weighted by Gasteiger charge is 2.17. The maximum atomic E-state index is 10.6. The number of nitro groups is 1. The fourth-order valence-electron chi connectivity index (χ4n) is 1.40. The lowest BCUT2D eigenvalue weighted by Gasteiger charge is -1.98. The van der Waals surface area contributed by atoms with Crippen molar-refractivity contribution in [1.29, 1.82) is 0 Å². The third-order valence-corrected chi connectivity index (χ3v) is 2.39. The molecule has 0 bridgehead atoms. The Morgan fingerprint density at radius 1 is 1.59 bits per heavy atom. The zero-order valence-corrected chi connectivity index (χ0v) is 9.45. The molecule has 0 aromatic carbocycles. The van der Waals surface area contributed by atoms with Gasteiger partial charge >= 0.3 is 5.69 Å². The van der Waals surface area contributed by atoms with Crippen LogP contribution < -0.4 is 0 Å². The van der Waals surface area contributed by atoms with E-state index in [1.165, 1.54) is 10.9 Å². The lowest BCUT2D eigenvalue weighted by atomic mass is 10.4. The number of nitrogens with zero attached hydrogens (tertiary/aromatic N) is 5. The Balaban J connectivity index is 2.21. The van der Waals surface area contributed by atoms with Gasteiger partial charge in [-0.2, -0.15) is 10.1 Å². The molecule has 0 spiro atoms. The van der Waals surface area contributed by atoms with Crippen molar-refractivity contribution >= 4 is 5.69 Å². The minimum absolute atomic E-state index is 0.0137. The second-order valence-corrected chi connectivity index (χ2v) is 3.49. The summed E-state index contributed by atoms with van der Waals surface area (Å²) >= 11 is 0. The van der Waals surface area contributed by atoms with Crippen molar-refractivity contribution in [2.75, 3.05) is 0 Å². The standard InChI is InChI=1S/C9H11N5O3/c1-3-8-11-9(17-12-8)5-13-6(2)7(4-10-13)14(15)16/h4H,3,5H2,1-2H3. The average molecular weight is 237 g/mol. The third-order valence-electron chi connectivity index (χ3n) is 2.39. The molecule has 0 aliphatic carbocycles. The Kier molecular flexibility index (Phi) is 2.86. The van der Waals surface area contributed by atoms with Gasteiger partial charge in [-0.25, -0.2) is 0 Å². The van der Waals surface area contributed by atoms with Crippen LogP contribution in [-0.4, -0.2) is 24.8 Å². The van der Waals surface area contributed by atoms with E-state index in [0.717, 1.165) is 0 Å². The van der Waals surface area contributed by atoms with Gasteiger partial charge in [-0.05, 0) is 6.92 Å². The maximum absolute atomic E-state index is 10.6. The van der Waals surface area contributed by atoms with Crippen LogP contribution in [0, 0.1) is 17.0 Å². The number of hydrogen-bond donors (Lipinski definition) is 0. The molecule has 2 aromatic rings. The highest BCUT2D eigenvalue weighted by atomic mass is 16.6. The van der Waals surface area contributed by atoms with Gasteiger partial charge in [0.25, 0.3) is 0 Å². The zero-order chi connectivity index (χ0) is 12.4. The summed E-state index contributed by atoms with van der Waals surface area (Å²) in [6.07, 6.45) is 1.90. The minimum atomic E-state index is -0.468. The Bertz CT molecular complexity index is 545. The van der Waals surface area contributed by atoms with Gasteiger partial charge in [-0.3, -0.25) is 14.8 Å². The van der Waals surface area contributed by atoms with Crippen molar-refractivity contribution in [2.24, 2.45) is 0 Å². The summed E-state index contributed by atoms with van der Waals surface area (Å²) in [4.78, 5) is 14.3. The molecule has 0 amide bonds. The van der Waals surface area contributed by atoms with Crippen molar-refractivity contribution < 1.29 is 9.45 Å². The van der Waals surface area contributed by atoms with Crippen LogP contribution in [0.3, 0.4) is 0 Å². The van der Waals surface area contributed by atoms with E-state index < -0.39 is 4.92 Å². The van der Waals surface area contributed by atoms with Gasteiger partial charge < -0.3 is 4.52 Å². The monoisotopic (exact) mass is 237 g/mol. The predicted octanol–water partition coefficient (Wildman–Crippen LogP) is 1.09. The highest BCUT2D eigenvalue weighted by molar-refractivity contribution is 5.31. The van der Waals surface area contributed by atoms with Crippen molar-refractivity contribution in [2.45, 2.75) is 26.8 Å². The van der Waals surface area contributed by atoms with Crippen molar-refractivity contribution in [3.63, 3.8) is 0 Å². The summed E-state index contributed by atoms with van der Waals surface area (Å²) in [5.41, 5.74) is 0.450. The molecule has 2 aromatic heterocycles. The van der Waals surface area contributed by atoms with E-state index >= 15 is 0 Å². The van der Waals surface area contributed by atoms with E-state index in [9.17, 15) is 10.1 Å². The van der Waals surface area contributed by atoms with Gasteiger partial charge in [0.05, 0.1) is 4.92 Å². The van der Waals surface area contributed by atoms with Gasteiger partial charge in [0, 0.05) is 6.42 Å². The molecule has 0 saturated heterocycles. The van der Waals surface area contributed by atoms with Crippen molar-refractivity contribution in [3.8, 4) is 0 Å². The fraction of sp³-hybridized carbons (Fsp3) is 0.444. The molecule has 0 radical (unpaired) electrons. The summed E-state index contributed by atoms with van der Waals surface area (Å²) < 4.78 is 6.46. The summed E-state index contributed by atoms with van der Waals surface area (Å²) in [6.45, 7) is 3.79. The molecule has 0 atom stereocenters. The molecule has 2 rings (SSSR count). The molecular formula is C9H11N5O3. The molecule has 0 unspecified atom stereocenters. The van der Waals surface area contributed by atoms with Gasteiger partial charge in [-0.15, -0.1) is 0 Å². The first-order chi connectivity index (χ1) is 8.11. The highest BCUT2D eigenvalue weighted by Crippen LogP contribution is 2.16. The largest absolute Gasteiger partial charge is 0.337 e. The van der Waals surface area contributed by atoms with Crippen LogP contribution in [0.1, 0.15) is 24.3 Å². The maximum Gasteiger partial charge on any atom is 0.309 e. The molecule has 0 aliphatic rings. The van der Waals surface area contributed by atoms with E-state index in [0.29, 0.717) is 23.8 Å². The first kappa shape index (κ1) is 11.2. The van der Waals surface area contributed by atoms with Crippen molar-refractivity contribution in [3.05, 3.63) is 33.7 Å². The Morgan fingerprint density at radius 3 is 2.88 bits per heavy atom. The first-order valence-electron chi connectivity index (χ1n) is 5.10. The Morgan fingerprint density at radius 2 is 2.35 bits per heavy atom. The smallest absolute Gasteiger partial charge is 0.309 e. The molecular weight excluding hydrogens is 226 g/mol. The average Bonchev–Trinajstić information content (AvgIpc) is 2.87. The van der Waals surface area contributed by atoms with E-state index in [1.807, 2.05) is 6.92 Å². The topological polar surface area (TPSA) is 99.9 Å². The van der Waals surface area contributed by atoms with E-state index in [2.05, 4.69) is 15.2 Å². The number of aryl methyl sites for hydroxylation is 1. The SMILES string of the molecule is CCc1noc(Cn2ncc([N+](=O)[O-])c2C)n1. The molecule has 0 N–H and O–H groups in total. The normalized spacial score (nSPS) is 10.7. The minimum Gasteiger partial charge on any atom is -0.337 e. The van der Waals surface area contributed by atoms with Gasteiger partial charge in [0.2, 0.25) is 5.89 Å². The van der Waals surface area contributed by atoms with Crippen molar-refractivity contribution in [1.82, 2.24) is 19.9 Å². The van der Waals surface area contributed by atoms with E-state index in [4.69, 9.17) is 4.52 Å². The number of aromatic nitrogens is 4. The number of rotatable bonds is 4.